The topological polar surface area (TPSA) is 58.6 Å². The van der Waals surface area contributed by atoms with E-state index in [1.54, 1.807) is 29.2 Å². The summed E-state index contributed by atoms with van der Waals surface area (Å²) in [4.78, 5) is 25.4. The van der Waals surface area contributed by atoms with E-state index in [1.165, 1.54) is 12.5 Å². The number of anilines is 1. The summed E-state index contributed by atoms with van der Waals surface area (Å²) >= 11 is 5.80. The molecular formula is C20H23ClN2O3. The highest BCUT2D eigenvalue weighted by Gasteiger charge is 2.12. The van der Waals surface area contributed by atoms with Crippen molar-refractivity contribution in [1.82, 2.24) is 5.32 Å². The average Bonchev–Trinajstić information content (AvgIpc) is 2.64. The van der Waals surface area contributed by atoms with Crippen LogP contribution in [-0.4, -0.2) is 31.5 Å². The van der Waals surface area contributed by atoms with E-state index >= 15 is 0 Å². The number of aryl methyl sites for hydroxylation is 1. The predicted octanol–water partition coefficient (Wildman–Crippen LogP) is 3.45. The lowest BCUT2D eigenvalue weighted by atomic mass is 10.1. The van der Waals surface area contributed by atoms with Gasteiger partial charge in [-0.3, -0.25) is 9.59 Å². The highest BCUT2D eigenvalue weighted by atomic mass is 35.5. The zero-order valence-corrected chi connectivity index (χ0v) is 15.8. The van der Waals surface area contributed by atoms with Gasteiger partial charge in [-0.05, 0) is 48.4 Å². The average molecular weight is 375 g/mol. The number of halogens is 1. The molecule has 2 amide bonds. The van der Waals surface area contributed by atoms with Crippen LogP contribution in [0.2, 0.25) is 5.02 Å². The number of hydrogen-bond acceptors (Lipinski definition) is 3. The smallest absolute Gasteiger partial charge is 0.258 e. The van der Waals surface area contributed by atoms with Crippen molar-refractivity contribution >= 4 is 29.1 Å². The standard InChI is InChI=1S/C20H23ClN2O3/c1-3-16-4-8-18(9-5-16)23(15(2)24)13-12-22-20(25)14-26-19-10-6-17(21)7-11-19/h4-11H,3,12-14H2,1-2H3,(H,22,25). The van der Waals surface area contributed by atoms with E-state index in [1.807, 2.05) is 24.3 Å². The van der Waals surface area contributed by atoms with Crippen LogP contribution in [0.1, 0.15) is 19.4 Å². The number of ether oxygens (including phenoxy) is 1. The quantitative estimate of drug-likeness (QED) is 0.769. The van der Waals surface area contributed by atoms with Crippen molar-refractivity contribution < 1.29 is 14.3 Å². The fourth-order valence-corrected chi connectivity index (χ4v) is 2.54. The summed E-state index contributed by atoms with van der Waals surface area (Å²) in [6.07, 6.45) is 0.948. The Morgan fingerprint density at radius 3 is 2.31 bits per heavy atom. The number of nitrogens with one attached hydrogen (secondary N) is 1. The number of carbonyl (C=O) groups excluding carboxylic acids is 2. The molecule has 0 unspecified atom stereocenters. The highest BCUT2D eigenvalue weighted by molar-refractivity contribution is 6.30. The van der Waals surface area contributed by atoms with Crippen LogP contribution < -0.4 is 15.0 Å². The number of amides is 2. The van der Waals surface area contributed by atoms with Crippen LogP contribution in [0.15, 0.2) is 48.5 Å². The Labute approximate surface area is 158 Å². The molecule has 0 spiro atoms. The minimum atomic E-state index is -0.246. The van der Waals surface area contributed by atoms with Gasteiger partial charge in [-0.25, -0.2) is 0 Å². The number of benzene rings is 2. The summed E-state index contributed by atoms with van der Waals surface area (Å²) in [5, 5.41) is 3.37. The first kappa shape index (κ1) is 19.8. The largest absolute Gasteiger partial charge is 0.484 e. The first-order valence-electron chi connectivity index (χ1n) is 8.51. The monoisotopic (exact) mass is 374 g/mol. The fraction of sp³-hybridized carbons (Fsp3) is 0.300. The van der Waals surface area contributed by atoms with E-state index < -0.39 is 0 Å². The molecule has 0 aliphatic rings. The lowest BCUT2D eigenvalue weighted by molar-refractivity contribution is -0.123. The maximum atomic E-state index is 11.9. The predicted molar refractivity (Wildman–Crippen MR) is 104 cm³/mol. The molecule has 26 heavy (non-hydrogen) atoms. The van der Waals surface area contributed by atoms with E-state index in [4.69, 9.17) is 16.3 Å². The Bertz CT molecular complexity index is 730. The molecule has 0 radical (unpaired) electrons. The second-order valence-corrected chi connectivity index (χ2v) is 6.22. The molecule has 0 heterocycles. The summed E-state index contributed by atoms with van der Waals surface area (Å²) in [7, 11) is 0. The zero-order chi connectivity index (χ0) is 18.9. The second kappa shape index (κ2) is 9.82. The number of nitrogens with zero attached hydrogens (tertiary/aromatic N) is 1. The summed E-state index contributed by atoms with van der Waals surface area (Å²) in [5.74, 6) is 0.261. The molecule has 0 saturated heterocycles. The van der Waals surface area contributed by atoms with E-state index in [0.717, 1.165) is 12.1 Å². The van der Waals surface area contributed by atoms with Crippen LogP contribution in [0.5, 0.6) is 5.75 Å². The van der Waals surface area contributed by atoms with Gasteiger partial charge in [0.25, 0.3) is 5.91 Å². The Morgan fingerprint density at radius 2 is 1.73 bits per heavy atom. The van der Waals surface area contributed by atoms with Crippen molar-refractivity contribution in [3.05, 3.63) is 59.1 Å². The maximum absolute atomic E-state index is 11.9. The Morgan fingerprint density at radius 1 is 1.08 bits per heavy atom. The summed E-state index contributed by atoms with van der Waals surface area (Å²) in [6.45, 7) is 4.25. The molecule has 0 fully saturated rings. The first-order valence-corrected chi connectivity index (χ1v) is 8.89. The Hall–Kier alpha value is -2.53. The molecule has 2 rings (SSSR count). The van der Waals surface area contributed by atoms with Crippen molar-refractivity contribution in [2.24, 2.45) is 0 Å². The van der Waals surface area contributed by atoms with E-state index in [9.17, 15) is 9.59 Å². The fourth-order valence-electron chi connectivity index (χ4n) is 2.42. The first-order chi connectivity index (χ1) is 12.5. The molecule has 0 saturated carbocycles. The van der Waals surface area contributed by atoms with Crippen LogP contribution in [0, 0.1) is 0 Å². The van der Waals surface area contributed by atoms with E-state index in [-0.39, 0.29) is 18.4 Å². The molecule has 0 aliphatic heterocycles. The van der Waals surface area contributed by atoms with Crippen LogP contribution in [-0.2, 0) is 16.0 Å². The van der Waals surface area contributed by atoms with Gasteiger partial charge >= 0.3 is 0 Å². The third-order valence-corrected chi connectivity index (χ3v) is 4.13. The third kappa shape index (κ3) is 6.08. The van der Waals surface area contributed by atoms with Crippen LogP contribution in [0.25, 0.3) is 0 Å². The molecule has 1 N–H and O–H groups in total. The van der Waals surface area contributed by atoms with Gasteiger partial charge in [0.05, 0.1) is 0 Å². The minimum absolute atomic E-state index is 0.0686. The molecule has 0 bridgehead atoms. The van der Waals surface area contributed by atoms with Crippen molar-refractivity contribution in [3.63, 3.8) is 0 Å². The number of rotatable bonds is 8. The summed E-state index contributed by atoms with van der Waals surface area (Å²) in [6, 6.07) is 14.7. The second-order valence-electron chi connectivity index (χ2n) is 5.78. The van der Waals surface area contributed by atoms with Crippen molar-refractivity contribution in [3.8, 4) is 5.75 Å². The number of carbonyl (C=O) groups is 2. The van der Waals surface area contributed by atoms with Crippen molar-refractivity contribution in [2.45, 2.75) is 20.3 Å². The summed E-state index contributed by atoms with van der Waals surface area (Å²) in [5.41, 5.74) is 2.03. The lowest BCUT2D eigenvalue weighted by Gasteiger charge is -2.21. The molecule has 2 aromatic rings. The Balaban J connectivity index is 1.80. The van der Waals surface area contributed by atoms with Gasteiger partial charge < -0.3 is 15.0 Å². The van der Waals surface area contributed by atoms with Crippen molar-refractivity contribution in [1.29, 1.82) is 0 Å². The van der Waals surface area contributed by atoms with Gasteiger partial charge in [-0.2, -0.15) is 0 Å². The molecule has 138 valence electrons. The van der Waals surface area contributed by atoms with Gasteiger partial charge in [0.2, 0.25) is 5.91 Å². The van der Waals surface area contributed by atoms with Crippen LogP contribution in [0.4, 0.5) is 5.69 Å². The maximum Gasteiger partial charge on any atom is 0.258 e. The van der Waals surface area contributed by atoms with E-state index in [0.29, 0.717) is 23.9 Å². The van der Waals surface area contributed by atoms with Gasteiger partial charge in [0.15, 0.2) is 6.61 Å². The highest BCUT2D eigenvalue weighted by Crippen LogP contribution is 2.16. The summed E-state index contributed by atoms with van der Waals surface area (Å²) < 4.78 is 5.39. The SMILES string of the molecule is CCc1ccc(N(CCNC(=O)COc2ccc(Cl)cc2)C(C)=O)cc1. The molecule has 2 aromatic carbocycles. The minimum Gasteiger partial charge on any atom is -0.484 e. The molecule has 6 heteroatoms. The van der Waals surface area contributed by atoms with Crippen LogP contribution >= 0.6 is 11.6 Å². The van der Waals surface area contributed by atoms with Gasteiger partial charge in [-0.15, -0.1) is 0 Å². The molecule has 5 nitrogen and oxygen atoms in total. The van der Waals surface area contributed by atoms with Gasteiger partial charge in [0, 0.05) is 30.7 Å². The number of hydrogen-bond donors (Lipinski definition) is 1. The van der Waals surface area contributed by atoms with Gasteiger partial charge in [-0.1, -0.05) is 30.7 Å². The van der Waals surface area contributed by atoms with E-state index in [2.05, 4.69) is 12.2 Å². The lowest BCUT2D eigenvalue weighted by Crippen LogP contribution is -2.39. The molecule has 0 atom stereocenters. The molecule has 0 aliphatic carbocycles. The molecular weight excluding hydrogens is 352 g/mol. The normalized spacial score (nSPS) is 10.3. The third-order valence-electron chi connectivity index (χ3n) is 3.88. The van der Waals surface area contributed by atoms with Crippen molar-refractivity contribution in [2.75, 3.05) is 24.6 Å². The zero-order valence-electron chi connectivity index (χ0n) is 15.0. The molecule has 0 aromatic heterocycles. The van der Waals surface area contributed by atoms with Gasteiger partial charge in [0.1, 0.15) is 5.75 Å². The Kier molecular flexibility index (Phi) is 7.48. The van der Waals surface area contributed by atoms with Crippen LogP contribution in [0.3, 0.4) is 0 Å².